The minimum atomic E-state index is -0.466. The number of nitrogens with zero attached hydrogens (tertiary/aromatic N) is 2. The summed E-state index contributed by atoms with van der Waals surface area (Å²) in [6.45, 7) is 0. The first-order chi connectivity index (χ1) is 13.2. The molecule has 4 rings (SSSR count). The van der Waals surface area contributed by atoms with Crippen molar-refractivity contribution in [2.24, 2.45) is 0 Å². The first-order valence-corrected chi connectivity index (χ1v) is 9.88. The number of thiazole rings is 1. The number of carbonyl (C=O) groups excluding carboxylic acids is 2. The Morgan fingerprint density at radius 2 is 1.81 bits per heavy atom. The van der Waals surface area contributed by atoms with Gasteiger partial charge < -0.3 is 0 Å². The molecule has 0 aliphatic heterocycles. The largest absolute Gasteiger partial charge is 0.288 e. The minimum Gasteiger partial charge on any atom is -0.273 e. The molecule has 134 valence electrons. The van der Waals surface area contributed by atoms with Crippen LogP contribution in [0.2, 0.25) is 0 Å². The molecule has 4 aromatic rings. The number of rotatable bonds is 4. The Hall–Kier alpha value is -3.10. The first-order valence-electron chi connectivity index (χ1n) is 8.12. The molecule has 3 heterocycles. The number of hydrogen-bond donors (Lipinski definition) is 2. The van der Waals surface area contributed by atoms with Crippen molar-refractivity contribution < 1.29 is 9.59 Å². The topological polar surface area (TPSA) is 84.0 Å². The van der Waals surface area contributed by atoms with Gasteiger partial charge in [0.25, 0.3) is 5.91 Å². The van der Waals surface area contributed by atoms with E-state index in [2.05, 4.69) is 20.8 Å². The van der Waals surface area contributed by atoms with Crippen molar-refractivity contribution >= 4 is 45.4 Å². The number of fused-ring (bicyclic) bond motifs is 1. The van der Waals surface area contributed by atoms with E-state index in [0.717, 1.165) is 20.8 Å². The van der Waals surface area contributed by atoms with Crippen LogP contribution in [0.5, 0.6) is 0 Å². The van der Waals surface area contributed by atoms with E-state index in [1.54, 1.807) is 17.4 Å². The zero-order valence-corrected chi connectivity index (χ0v) is 15.6. The second kappa shape index (κ2) is 7.65. The van der Waals surface area contributed by atoms with E-state index in [4.69, 9.17) is 0 Å². The Kier molecular flexibility index (Phi) is 4.91. The van der Waals surface area contributed by atoms with Crippen LogP contribution in [0.15, 0.2) is 59.3 Å². The maximum atomic E-state index is 12.2. The van der Waals surface area contributed by atoms with E-state index < -0.39 is 5.91 Å². The Morgan fingerprint density at radius 3 is 2.67 bits per heavy atom. The Bertz CT molecular complexity index is 1110. The Morgan fingerprint density at radius 1 is 0.926 bits per heavy atom. The smallest absolute Gasteiger partial charge is 0.273 e. The zero-order valence-electron chi connectivity index (χ0n) is 14.0. The SMILES string of the molecule is O=C(Cc1csc(-c2cccs2)n1)NNC(=O)c1ccc2ccccc2n1. The van der Waals surface area contributed by atoms with E-state index in [1.807, 2.05) is 53.2 Å². The zero-order chi connectivity index (χ0) is 18.6. The molecule has 2 amide bonds. The number of thiophene rings is 1. The fraction of sp³-hybridized carbons (Fsp3) is 0.0526. The monoisotopic (exact) mass is 394 g/mol. The van der Waals surface area contributed by atoms with Gasteiger partial charge in [-0.05, 0) is 23.6 Å². The number of hydrogen-bond acceptors (Lipinski definition) is 6. The van der Waals surface area contributed by atoms with Crippen molar-refractivity contribution in [2.45, 2.75) is 6.42 Å². The number of carbonyl (C=O) groups is 2. The van der Waals surface area contributed by atoms with Gasteiger partial charge in [0.05, 0.1) is 22.5 Å². The fourth-order valence-corrected chi connectivity index (χ4v) is 4.13. The van der Waals surface area contributed by atoms with Gasteiger partial charge in [0.15, 0.2) is 0 Å². The van der Waals surface area contributed by atoms with Crippen molar-refractivity contribution in [3.8, 4) is 9.88 Å². The molecular formula is C19H14N4O2S2. The van der Waals surface area contributed by atoms with Gasteiger partial charge in [0.2, 0.25) is 5.91 Å². The van der Waals surface area contributed by atoms with Crippen LogP contribution in [0.1, 0.15) is 16.2 Å². The lowest BCUT2D eigenvalue weighted by molar-refractivity contribution is -0.121. The molecule has 0 saturated carbocycles. The van der Waals surface area contributed by atoms with Crippen LogP contribution in [0.25, 0.3) is 20.8 Å². The first kappa shape index (κ1) is 17.3. The Balaban J connectivity index is 1.35. The van der Waals surface area contributed by atoms with Crippen molar-refractivity contribution in [3.63, 3.8) is 0 Å². The van der Waals surface area contributed by atoms with Gasteiger partial charge in [0.1, 0.15) is 10.7 Å². The average molecular weight is 394 g/mol. The number of para-hydroxylation sites is 1. The molecule has 0 aliphatic carbocycles. The summed E-state index contributed by atoms with van der Waals surface area (Å²) >= 11 is 3.10. The highest BCUT2D eigenvalue weighted by Gasteiger charge is 2.12. The van der Waals surface area contributed by atoms with E-state index in [0.29, 0.717) is 5.69 Å². The normalized spacial score (nSPS) is 10.7. The summed E-state index contributed by atoms with van der Waals surface area (Å²) in [4.78, 5) is 34.1. The van der Waals surface area contributed by atoms with Crippen molar-refractivity contribution in [1.29, 1.82) is 0 Å². The van der Waals surface area contributed by atoms with Gasteiger partial charge in [-0.15, -0.1) is 22.7 Å². The Labute approximate surface area is 162 Å². The molecule has 8 heteroatoms. The lowest BCUT2D eigenvalue weighted by Gasteiger charge is -2.07. The average Bonchev–Trinajstić information content (AvgIpc) is 3.37. The number of nitrogens with one attached hydrogen (secondary N) is 2. The van der Waals surface area contributed by atoms with Crippen LogP contribution >= 0.6 is 22.7 Å². The fourth-order valence-electron chi connectivity index (χ4n) is 2.49. The van der Waals surface area contributed by atoms with Gasteiger partial charge in [-0.2, -0.15) is 0 Å². The van der Waals surface area contributed by atoms with Crippen molar-refractivity contribution in [1.82, 2.24) is 20.8 Å². The number of pyridine rings is 1. The van der Waals surface area contributed by atoms with Gasteiger partial charge in [-0.1, -0.05) is 30.3 Å². The maximum Gasteiger partial charge on any atom is 0.288 e. The van der Waals surface area contributed by atoms with Gasteiger partial charge in [0, 0.05) is 10.8 Å². The third-order valence-electron chi connectivity index (χ3n) is 3.77. The summed E-state index contributed by atoms with van der Waals surface area (Å²) in [5.41, 5.74) is 6.43. The van der Waals surface area contributed by atoms with E-state index in [-0.39, 0.29) is 18.0 Å². The van der Waals surface area contributed by atoms with Crippen molar-refractivity contribution in [2.75, 3.05) is 0 Å². The predicted molar refractivity (Wildman–Crippen MR) is 106 cm³/mol. The minimum absolute atomic E-state index is 0.0906. The van der Waals surface area contributed by atoms with Crippen LogP contribution in [-0.2, 0) is 11.2 Å². The molecule has 3 aromatic heterocycles. The summed E-state index contributed by atoms with van der Waals surface area (Å²) in [5, 5.41) is 5.67. The molecule has 0 radical (unpaired) electrons. The summed E-state index contributed by atoms with van der Waals surface area (Å²) < 4.78 is 0. The molecule has 2 N–H and O–H groups in total. The molecule has 27 heavy (non-hydrogen) atoms. The van der Waals surface area contributed by atoms with Crippen LogP contribution in [0, 0.1) is 0 Å². The van der Waals surface area contributed by atoms with Gasteiger partial charge in [-0.3, -0.25) is 20.4 Å². The van der Waals surface area contributed by atoms with Crippen molar-refractivity contribution in [3.05, 3.63) is 70.7 Å². The van der Waals surface area contributed by atoms with E-state index >= 15 is 0 Å². The molecule has 6 nitrogen and oxygen atoms in total. The van der Waals surface area contributed by atoms with Crippen LogP contribution in [0.4, 0.5) is 0 Å². The predicted octanol–water partition coefficient (Wildman–Crippen LogP) is 3.42. The molecule has 0 unspecified atom stereocenters. The third kappa shape index (κ3) is 4.02. The molecule has 0 bridgehead atoms. The molecule has 0 atom stereocenters. The molecule has 0 fully saturated rings. The molecule has 0 spiro atoms. The summed E-state index contributed by atoms with van der Waals surface area (Å²) in [5.74, 6) is -0.807. The lowest BCUT2D eigenvalue weighted by atomic mass is 10.2. The highest BCUT2D eigenvalue weighted by molar-refractivity contribution is 7.20. The molecule has 0 saturated heterocycles. The number of benzene rings is 1. The number of aromatic nitrogens is 2. The molecular weight excluding hydrogens is 380 g/mol. The van der Waals surface area contributed by atoms with E-state index in [1.165, 1.54) is 11.3 Å². The van der Waals surface area contributed by atoms with Crippen LogP contribution in [0.3, 0.4) is 0 Å². The number of amides is 2. The number of hydrazine groups is 1. The molecule has 0 aliphatic rings. The molecule has 1 aromatic carbocycles. The second-order valence-electron chi connectivity index (χ2n) is 5.69. The standard InChI is InChI=1S/C19H14N4O2S2/c24-17(10-13-11-27-19(20-13)16-6-3-9-26-16)22-23-18(25)15-8-7-12-4-1-2-5-14(12)21-15/h1-9,11H,10H2,(H,22,24)(H,23,25). The maximum absolute atomic E-state index is 12.2. The summed E-state index contributed by atoms with van der Waals surface area (Å²) in [6, 6.07) is 14.9. The highest BCUT2D eigenvalue weighted by Crippen LogP contribution is 2.27. The highest BCUT2D eigenvalue weighted by atomic mass is 32.1. The van der Waals surface area contributed by atoms with Crippen LogP contribution < -0.4 is 10.9 Å². The second-order valence-corrected chi connectivity index (χ2v) is 7.50. The van der Waals surface area contributed by atoms with Gasteiger partial charge >= 0.3 is 0 Å². The quantitative estimate of drug-likeness (QED) is 0.520. The van der Waals surface area contributed by atoms with Gasteiger partial charge in [-0.25, -0.2) is 9.97 Å². The van der Waals surface area contributed by atoms with E-state index in [9.17, 15) is 9.59 Å². The van der Waals surface area contributed by atoms with Crippen LogP contribution in [-0.4, -0.2) is 21.8 Å². The lowest BCUT2D eigenvalue weighted by Crippen LogP contribution is -2.42. The summed E-state index contributed by atoms with van der Waals surface area (Å²) in [6.07, 6.45) is 0.0906. The summed E-state index contributed by atoms with van der Waals surface area (Å²) in [7, 11) is 0. The third-order valence-corrected chi connectivity index (χ3v) is 5.70.